The molecule has 3 unspecified atom stereocenters. The minimum Gasteiger partial charge on any atom is -0.481 e. The van der Waals surface area contributed by atoms with Crippen LogP contribution in [0.5, 0.6) is 0 Å². The number of carbonyl (C=O) groups excluding carboxylic acids is 2. The monoisotopic (exact) mass is 491 g/mol. The van der Waals surface area contributed by atoms with Gasteiger partial charge in [0.25, 0.3) is 5.91 Å². The SMILES string of the molecule is CC1(C(=O)O)CCCCC1C(=O)C(NC(=O)c1cccc(Cl)c1)c1ccc(Br)cc1. The molecule has 0 bridgehead atoms. The molecule has 1 aliphatic rings. The fourth-order valence-electron chi connectivity index (χ4n) is 4.06. The summed E-state index contributed by atoms with van der Waals surface area (Å²) >= 11 is 9.38. The Morgan fingerprint density at radius 3 is 2.50 bits per heavy atom. The fourth-order valence-corrected chi connectivity index (χ4v) is 4.52. The predicted molar refractivity (Wildman–Crippen MR) is 119 cm³/mol. The Morgan fingerprint density at radius 2 is 1.87 bits per heavy atom. The molecular weight excluding hydrogens is 470 g/mol. The maximum Gasteiger partial charge on any atom is 0.310 e. The third-order valence-electron chi connectivity index (χ3n) is 5.89. The molecule has 1 fully saturated rings. The topological polar surface area (TPSA) is 83.5 Å². The first-order chi connectivity index (χ1) is 14.2. The zero-order valence-electron chi connectivity index (χ0n) is 16.5. The maximum atomic E-state index is 13.6. The highest BCUT2D eigenvalue weighted by atomic mass is 79.9. The molecule has 1 amide bonds. The summed E-state index contributed by atoms with van der Waals surface area (Å²) in [4.78, 5) is 38.5. The average molecular weight is 493 g/mol. The van der Waals surface area contributed by atoms with Crippen molar-refractivity contribution in [1.82, 2.24) is 5.32 Å². The maximum absolute atomic E-state index is 13.6. The van der Waals surface area contributed by atoms with E-state index < -0.39 is 29.3 Å². The number of carbonyl (C=O) groups is 3. The molecule has 2 N–H and O–H groups in total. The average Bonchev–Trinajstić information content (AvgIpc) is 2.72. The number of Topliss-reactive ketones (excluding diaryl/α,β-unsaturated/α-hetero) is 1. The van der Waals surface area contributed by atoms with Crippen molar-refractivity contribution in [2.24, 2.45) is 11.3 Å². The summed E-state index contributed by atoms with van der Waals surface area (Å²) in [5.41, 5.74) is -0.206. The van der Waals surface area contributed by atoms with Gasteiger partial charge in [-0.15, -0.1) is 0 Å². The van der Waals surface area contributed by atoms with Crippen molar-refractivity contribution < 1.29 is 19.5 Å². The van der Waals surface area contributed by atoms with Crippen LogP contribution in [0.2, 0.25) is 5.02 Å². The second kappa shape index (κ2) is 9.31. The van der Waals surface area contributed by atoms with Crippen LogP contribution in [0.25, 0.3) is 0 Å². The summed E-state index contributed by atoms with van der Waals surface area (Å²) in [5, 5.41) is 13.1. The van der Waals surface area contributed by atoms with E-state index >= 15 is 0 Å². The van der Waals surface area contributed by atoms with Gasteiger partial charge in [-0.1, -0.05) is 58.6 Å². The lowest BCUT2D eigenvalue weighted by molar-refractivity contribution is -0.158. The quantitative estimate of drug-likeness (QED) is 0.564. The second-order valence-corrected chi connectivity index (χ2v) is 9.24. The van der Waals surface area contributed by atoms with Crippen molar-refractivity contribution in [1.29, 1.82) is 0 Å². The standard InChI is InChI=1S/C23H23BrClNO4/c1-23(22(29)30)12-3-2-7-18(23)20(27)19(14-8-10-16(24)11-9-14)26-21(28)15-5-4-6-17(25)13-15/h4-6,8-11,13,18-19H,2-3,7,12H2,1H3,(H,26,28)(H,29,30). The first-order valence-corrected chi connectivity index (χ1v) is 11.0. The minimum absolute atomic E-state index is 0.280. The molecule has 0 spiro atoms. The zero-order valence-corrected chi connectivity index (χ0v) is 18.9. The van der Waals surface area contributed by atoms with Crippen LogP contribution in [0, 0.1) is 11.3 Å². The number of ketones is 1. The van der Waals surface area contributed by atoms with Gasteiger partial charge in [0.1, 0.15) is 6.04 Å². The summed E-state index contributed by atoms with van der Waals surface area (Å²) < 4.78 is 0.839. The van der Waals surface area contributed by atoms with Gasteiger partial charge in [0, 0.05) is 21.0 Å². The number of nitrogens with one attached hydrogen (secondary N) is 1. The molecule has 30 heavy (non-hydrogen) atoms. The number of amides is 1. The molecule has 3 atom stereocenters. The smallest absolute Gasteiger partial charge is 0.310 e. The first-order valence-electron chi connectivity index (χ1n) is 9.81. The van der Waals surface area contributed by atoms with E-state index in [0.717, 1.165) is 17.3 Å². The van der Waals surface area contributed by atoms with E-state index in [0.29, 0.717) is 29.0 Å². The van der Waals surface area contributed by atoms with Crippen molar-refractivity contribution in [2.75, 3.05) is 0 Å². The van der Waals surface area contributed by atoms with Crippen molar-refractivity contribution in [2.45, 2.75) is 38.6 Å². The van der Waals surface area contributed by atoms with Gasteiger partial charge in [-0.3, -0.25) is 14.4 Å². The van der Waals surface area contributed by atoms with Crippen molar-refractivity contribution in [3.63, 3.8) is 0 Å². The van der Waals surface area contributed by atoms with Crippen LogP contribution in [-0.2, 0) is 9.59 Å². The van der Waals surface area contributed by atoms with Crippen molar-refractivity contribution in [3.8, 4) is 0 Å². The van der Waals surface area contributed by atoms with E-state index in [-0.39, 0.29) is 5.78 Å². The van der Waals surface area contributed by atoms with Crippen LogP contribution in [0.15, 0.2) is 53.0 Å². The zero-order chi connectivity index (χ0) is 21.9. The molecular formula is C23H23BrClNO4. The lowest BCUT2D eigenvalue weighted by Gasteiger charge is -2.38. The lowest BCUT2D eigenvalue weighted by atomic mass is 9.64. The summed E-state index contributed by atoms with van der Waals surface area (Å²) in [7, 11) is 0. The normalized spacial score (nSPS) is 22.2. The molecule has 0 saturated heterocycles. The van der Waals surface area contributed by atoms with Gasteiger partial charge in [-0.05, 0) is 55.7 Å². The van der Waals surface area contributed by atoms with E-state index in [4.69, 9.17) is 11.6 Å². The first kappa shape index (κ1) is 22.5. The van der Waals surface area contributed by atoms with Crippen LogP contribution in [-0.4, -0.2) is 22.8 Å². The number of benzene rings is 2. The Balaban J connectivity index is 1.96. The Hall–Kier alpha value is -2.18. The third kappa shape index (κ3) is 4.76. The highest BCUT2D eigenvalue weighted by molar-refractivity contribution is 9.10. The molecule has 0 aromatic heterocycles. The van der Waals surface area contributed by atoms with Gasteiger partial charge in [0.15, 0.2) is 5.78 Å². The van der Waals surface area contributed by atoms with Crippen LogP contribution in [0.3, 0.4) is 0 Å². The van der Waals surface area contributed by atoms with E-state index in [1.807, 2.05) is 0 Å². The molecule has 2 aromatic carbocycles. The van der Waals surface area contributed by atoms with E-state index in [2.05, 4.69) is 21.2 Å². The van der Waals surface area contributed by atoms with Crippen LogP contribution in [0.4, 0.5) is 0 Å². The molecule has 0 heterocycles. The summed E-state index contributed by atoms with van der Waals surface area (Å²) in [6.45, 7) is 1.63. The molecule has 1 saturated carbocycles. The molecule has 5 nitrogen and oxygen atoms in total. The number of carboxylic acid groups (broad SMARTS) is 1. The van der Waals surface area contributed by atoms with E-state index in [1.54, 1.807) is 49.4 Å². The van der Waals surface area contributed by atoms with Gasteiger partial charge < -0.3 is 10.4 Å². The molecule has 3 rings (SSSR count). The van der Waals surface area contributed by atoms with Crippen molar-refractivity contribution >= 4 is 45.2 Å². The van der Waals surface area contributed by atoms with Crippen molar-refractivity contribution in [3.05, 3.63) is 69.2 Å². The number of hydrogen-bond acceptors (Lipinski definition) is 3. The minimum atomic E-state index is -1.15. The molecule has 7 heteroatoms. The summed E-state index contributed by atoms with van der Waals surface area (Å²) in [6, 6.07) is 12.6. The van der Waals surface area contributed by atoms with E-state index in [9.17, 15) is 19.5 Å². The third-order valence-corrected chi connectivity index (χ3v) is 6.65. The van der Waals surface area contributed by atoms with Gasteiger partial charge in [-0.25, -0.2) is 0 Å². The number of hydrogen-bond donors (Lipinski definition) is 2. The molecule has 0 radical (unpaired) electrons. The molecule has 2 aromatic rings. The molecule has 1 aliphatic carbocycles. The number of carboxylic acids is 1. The largest absolute Gasteiger partial charge is 0.481 e. The van der Waals surface area contributed by atoms with Gasteiger partial charge in [0.2, 0.25) is 0 Å². The highest BCUT2D eigenvalue weighted by Gasteiger charge is 2.48. The number of aliphatic carboxylic acids is 1. The van der Waals surface area contributed by atoms with Gasteiger partial charge in [0.05, 0.1) is 5.41 Å². The summed E-state index contributed by atoms with van der Waals surface area (Å²) in [5.74, 6) is -2.38. The summed E-state index contributed by atoms with van der Waals surface area (Å²) in [6.07, 6.45) is 2.48. The van der Waals surface area contributed by atoms with Gasteiger partial charge >= 0.3 is 5.97 Å². The Bertz CT molecular complexity index is 962. The van der Waals surface area contributed by atoms with E-state index in [1.165, 1.54) is 6.07 Å². The van der Waals surface area contributed by atoms with Gasteiger partial charge in [-0.2, -0.15) is 0 Å². The van der Waals surface area contributed by atoms with Crippen LogP contribution in [0.1, 0.15) is 54.6 Å². The van der Waals surface area contributed by atoms with Crippen LogP contribution < -0.4 is 5.32 Å². The highest BCUT2D eigenvalue weighted by Crippen LogP contribution is 2.43. The second-order valence-electron chi connectivity index (χ2n) is 7.89. The number of rotatable bonds is 6. The Labute approximate surface area is 188 Å². The predicted octanol–water partition coefficient (Wildman–Crippen LogP) is 5.42. The lowest BCUT2D eigenvalue weighted by Crippen LogP contribution is -2.47. The fraction of sp³-hybridized carbons (Fsp3) is 0.348. The van der Waals surface area contributed by atoms with Crippen LogP contribution >= 0.6 is 27.5 Å². The number of halogens is 2. The Morgan fingerprint density at radius 1 is 1.17 bits per heavy atom. The molecule has 158 valence electrons. The Kier molecular flexibility index (Phi) is 6.98. The molecule has 0 aliphatic heterocycles.